The summed E-state index contributed by atoms with van der Waals surface area (Å²) >= 11 is 2.59. The zero-order valence-corrected chi connectivity index (χ0v) is 24.0. The van der Waals surface area contributed by atoms with E-state index in [1.54, 1.807) is 24.3 Å². The monoisotopic (exact) mass is 602 g/mol. The van der Waals surface area contributed by atoms with Gasteiger partial charge in [0.05, 0.1) is 23.5 Å². The largest absolute Gasteiger partial charge is 0.350 e. The molecule has 0 saturated carbocycles. The Kier molecular flexibility index (Phi) is 7.88. The fraction of sp³-hybridized carbons (Fsp3) is 0.143. The van der Waals surface area contributed by atoms with E-state index < -0.39 is 0 Å². The molecule has 0 aliphatic carbocycles. The lowest BCUT2D eigenvalue weighted by molar-refractivity contribution is 0.627. The lowest BCUT2D eigenvalue weighted by Crippen LogP contribution is -2.39. The second-order valence-corrected chi connectivity index (χ2v) is 11.5. The van der Waals surface area contributed by atoms with E-state index >= 15 is 0 Å². The van der Waals surface area contributed by atoms with Gasteiger partial charge in [-0.15, -0.1) is 10.2 Å². The van der Waals surface area contributed by atoms with Crippen LogP contribution < -0.4 is 21.0 Å². The fourth-order valence-corrected chi connectivity index (χ4v) is 5.91. The van der Waals surface area contributed by atoms with Crippen LogP contribution in [-0.4, -0.2) is 42.9 Å². The average molecular weight is 603 g/mol. The number of para-hydroxylation sites is 1. The molecule has 1 aliphatic heterocycles. The summed E-state index contributed by atoms with van der Waals surface area (Å²) in [4.78, 5) is 13.4. The molecular formula is C28H24F2N10S2. The quantitative estimate of drug-likeness (QED) is 0.168. The van der Waals surface area contributed by atoms with E-state index in [1.165, 1.54) is 47.4 Å². The van der Waals surface area contributed by atoms with Crippen LogP contribution >= 0.6 is 23.1 Å². The molecule has 0 fully saturated rings. The molecule has 3 N–H and O–H groups in total. The third-order valence-corrected chi connectivity index (χ3v) is 8.05. The number of hydrogen-bond donors (Lipinski definition) is 3. The van der Waals surface area contributed by atoms with Gasteiger partial charge in [-0.3, -0.25) is 5.01 Å². The van der Waals surface area contributed by atoms with Gasteiger partial charge in [0, 0.05) is 11.4 Å². The highest BCUT2D eigenvalue weighted by Crippen LogP contribution is 2.33. The van der Waals surface area contributed by atoms with Crippen molar-refractivity contribution >= 4 is 62.9 Å². The van der Waals surface area contributed by atoms with Crippen LogP contribution in [0.25, 0.3) is 0 Å². The van der Waals surface area contributed by atoms with Crippen molar-refractivity contribution in [1.29, 1.82) is 0 Å². The first-order valence-corrected chi connectivity index (χ1v) is 14.5. The first kappa shape index (κ1) is 27.5. The summed E-state index contributed by atoms with van der Waals surface area (Å²) in [5.74, 6) is -0.237. The summed E-state index contributed by atoms with van der Waals surface area (Å²) in [6, 6.07) is 21.7. The van der Waals surface area contributed by atoms with Gasteiger partial charge in [0.25, 0.3) is 0 Å². The van der Waals surface area contributed by atoms with Gasteiger partial charge in [-0.05, 0) is 86.3 Å². The van der Waals surface area contributed by atoms with Crippen LogP contribution in [0.2, 0.25) is 0 Å². The van der Waals surface area contributed by atoms with Gasteiger partial charge in [0.1, 0.15) is 11.6 Å². The van der Waals surface area contributed by atoms with Crippen molar-refractivity contribution < 1.29 is 8.78 Å². The second kappa shape index (κ2) is 12.0. The van der Waals surface area contributed by atoms with Crippen LogP contribution in [0.15, 0.2) is 93.5 Å². The summed E-state index contributed by atoms with van der Waals surface area (Å²) in [6.45, 7) is 4.10. The Morgan fingerprint density at radius 2 is 1.38 bits per heavy atom. The van der Waals surface area contributed by atoms with Crippen LogP contribution in [0.1, 0.15) is 13.8 Å². The molecule has 3 aromatic carbocycles. The van der Waals surface area contributed by atoms with E-state index in [0.717, 1.165) is 11.4 Å². The maximum atomic E-state index is 13.4. The number of anilines is 6. The highest BCUT2D eigenvalue weighted by molar-refractivity contribution is 8.00. The maximum Gasteiger partial charge on any atom is 0.233 e. The molecule has 6 rings (SSSR count). The van der Waals surface area contributed by atoms with Gasteiger partial charge < -0.3 is 16.0 Å². The number of rotatable bonds is 9. The van der Waals surface area contributed by atoms with Crippen LogP contribution in [0.5, 0.6) is 0 Å². The third kappa shape index (κ3) is 6.44. The molecule has 1 aliphatic rings. The first-order valence-electron chi connectivity index (χ1n) is 12.9. The molecule has 42 heavy (non-hydrogen) atoms. The van der Waals surface area contributed by atoms with Crippen molar-refractivity contribution in [2.24, 2.45) is 5.10 Å². The average Bonchev–Trinajstić information content (AvgIpc) is 3.55. The summed E-state index contributed by atoms with van der Waals surface area (Å²) < 4.78 is 27.4. The summed E-state index contributed by atoms with van der Waals surface area (Å²) in [6.07, 6.45) is 0. The minimum Gasteiger partial charge on any atom is -0.350 e. The van der Waals surface area contributed by atoms with Crippen LogP contribution in [0.4, 0.5) is 42.9 Å². The number of benzene rings is 3. The van der Waals surface area contributed by atoms with Crippen LogP contribution in [-0.2, 0) is 0 Å². The first-order chi connectivity index (χ1) is 20.4. The molecule has 10 nitrogen and oxygen atoms in total. The molecule has 0 amide bonds. The zero-order valence-electron chi connectivity index (χ0n) is 22.4. The standard InChI is InChI=1S/C28H24F2N10S2/c1-16-23(17(2)40(39-16)22-6-4-3-5-7-22)33-27-37-38-28(42-27)41-26-35-24(31-20-12-8-18(29)9-13-20)34-25(36-26)32-21-14-10-19(30)11-15-21/h3-15,17,23H,1-2H3,(H,33,37)(H2,31,32,34,35,36). The minimum atomic E-state index is -0.354. The predicted octanol–water partition coefficient (Wildman–Crippen LogP) is 6.70. The number of aromatic nitrogens is 5. The van der Waals surface area contributed by atoms with Crippen molar-refractivity contribution in [1.82, 2.24) is 25.1 Å². The zero-order chi connectivity index (χ0) is 29.1. The Morgan fingerprint density at radius 3 is 1.98 bits per heavy atom. The topological polar surface area (TPSA) is 116 Å². The molecular weight excluding hydrogens is 579 g/mol. The number of nitrogens with one attached hydrogen (secondary N) is 3. The second-order valence-electron chi connectivity index (χ2n) is 9.29. The van der Waals surface area contributed by atoms with Crippen LogP contribution in [0.3, 0.4) is 0 Å². The summed E-state index contributed by atoms with van der Waals surface area (Å²) in [5.41, 5.74) is 3.16. The minimum absolute atomic E-state index is 0.0498. The van der Waals surface area contributed by atoms with Gasteiger partial charge >= 0.3 is 0 Å². The predicted molar refractivity (Wildman–Crippen MR) is 162 cm³/mol. The van der Waals surface area contributed by atoms with E-state index in [0.29, 0.717) is 26.0 Å². The Morgan fingerprint density at radius 1 is 0.786 bits per heavy atom. The Hall–Kier alpha value is -4.69. The normalized spacial score (nSPS) is 16.3. The van der Waals surface area contributed by atoms with Crippen LogP contribution in [0, 0.1) is 11.6 Å². The van der Waals surface area contributed by atoms with Gasteiger partial charge in [-0.2, -0.15) is 20.1 Å². The molecule has 0 spiro atoms. The Bertz CT molecular complexity index is 1630. The molecule has 0 radical (unpaired) electrons. The van der Waals surface area contributed by atoms with Crippen molar-refractivity contribution in [2.45, 2.75) is 35.4 Å². The molecule has 5 aromatic rings. The van der Waals surface area contributed by atoms with E-state index in [1.807, 2.05) is 42.3 Å². The Labute approximate surface area is 248 Å². The van der Waals surface area contributed by atoms with Crippen molar-refractivity contribution in [2.75, 3.05) is 21.0 Å². The highest BCUT2D eigenvalue weighted by atomic mass is 32.2. The van der Waals surface area contributed by atoms with Gasteiger partial charge in [-0.1, -0.05) is 29.5 Å². The molecule has 0 saturated heterocycles. The van der Waals surface area contributed by atoms with E-state index in [2.05, 4.69) is 48.0 Å². The van der Waals surface area contributed by atoms with Gasteiger partial charge in [-0.25, -0.2) is 8.78 Å². The van der Waals surface area contributed by atoms with Gasteiger partial charge in [0.2, 0.25) is 22.2 Å². The van der Waals surface area contributed by atoms with E-state index in [-0.39, 0.29) is 35.6 Å². The summed E-state index contributed by atoms with van der Waals surface area (Å²) in [5, 5.41) is 26.0. The SMILES string of the molecule is CC1=NN(c2ccccc2)C(C)C1Nc1nnc(Sc2nc(Nc3ccc(F)cc3)nc(Nc3ccc(F)cc3)n2)s1. The molecule has 2 unspecified atom stereocenters. The number of nitrogens with zero attached hydrogens (tertiary/aromatic N) is 7. The van der Waals surface area contributed by atoms with Gasteiger partial charge in [0.15, 0.2) is 4.34 Å². The van der Waals surface area contributed by atoms with Crippen molar-refractivity contribution in [3.63, 3.8) is 0 Å². The lowest BCUT2D eigenvalue weighted by Gasteiger charge is -2.24. The number of hydrazone groups is 1. The molecule has 14 heteroatoms. The third-order valence-electron chi connectivity index (χ3n) is 6.28. The lowest BCUT2D eigenvalue weighted by atomic mass is 10.1. The molecule has 0 bridgehead atoms. The van der Waals surface area contributed by atoms with E-state index in [4.69, 9.17) is 5.10 Å². The number of halogens is 2. The number of hydrogen-bond acceptors (Lipinski definition) is 12. The smallest absolute Gasteiger partial charge is 0.233 e. The highest BCUT2D eigenvalue weighted by Gasteiger charge is 2.33. The van der Waals surface area contributed by atoms with Crippen molar-refractivity contribution in [3.8, 4) is 0 Å². The van der Waals surface area contributed by atoms with E-state index in [9.17, 15) is 8.78 Å². The molecule has 3 heterocycles. The molecule has 2 atom stereocenters. The van der Waals surface area contributed by atoms with Crippen molar-refractivity contribution in [3.05, 3.63) is 90.5 Å². The Balaban J connectivity index is 1.20. The maximum absolute atomic E-state index is 13.4. The molecule has 212 valence electrons. The molecule has 2 aromatic heterocycles. The summed E-state index contributed by atoms with van der Waals surface area (Å²) in [7, 11) is 0. The fourth-order valence-electron chi connectivity index (χ4n) is 4.27.